The fourth-order valence-electron chi connectivity index (χ4n) is 2.01. The SMILES string of the molecule is Cc1nc(CN2C(=O)C(=O)c3c(Br)cccc32)no1. The topological polar surface area (TPSA) is 76.3 Å². The fourth-order valence-corrected chi connectivity index (χ4v) is 2.54. The Morgan fingerprint density at radius 3 is 2.84 bits per heavy atom. The second kappa shape index (κ2) is 4.27. The number of Topliss-reactive ketones (excluding diaryl/α,β-unsaturated/α-hetero) is 1. The predicted molar refractivity (Wildman–Crippen MR) is 68.7 cm³/mol. The minimum atomic E-state index is -0.579. The third kappa shape index (κ3) is 1.86. The lowest BCUT2D eigenvalue weighted by Gasteiger charge is -2.13. The number of hydrogen-bond acceptors (Lipinski definition) is 5. The molecule has 0 unspecified atom stereocenters. The van der Waals surface area contributed by atoms with Gasteiger partial charge in [-0.15, -0.1) is 0 Å². The van der Waals surface area contributed by atoms with Crippen molar-refractivity contribution in [1.82, 2.24) is 10.1 Å². The maximum absolute atomic E-state index is 12.0. The molecule has 1 amide bonds. The summed E-state index contributed by atoms with van der Waals surface area (Å²) in [4.78, 5) is 29.3. The highest BCUT2D eigenvalue weighted by Crippen LogP contribution is 2.34. The van der Waals surface area contributed by atoms with Crippen LogP contribution in [0.5, 0.6) is 0 Å². The Morgan fingerprint density at radius 1 is 1.37 bits per heavy atom. The molecule has 1 aliphatic rings. The summed E-state index contributed by atoms with van der Waals surface area (Å²) in [6.07, 6.45) is 0. The van der Waals surface area contributed by atoms with Gasteiger partial charge in [-0.1, -0.05) is 11.2 Å². The first-order valence-corrected chi connectivity index (χ1v) is 6.31. The summed E-state index contributed by atoms with van der Waals surface area (Å²) in [6, 6.07) is 5.21. The first-order chi connectivity index (χ1) is 9.08. The average molecular weight is 322 g/mol. The molecule has 1 aromatic carbocycles. The van der Waals surface area contributed by atoms with Crippen molar-refractivity contribution < 1.29 is 14.1 Å². The van der Waals surface area contributed by atoms with Crippen molar-refractivity contribution >= 4 is 33.3 Å². The highest BCUT2D eigenvalue weighted by molar-refractivity contribution is 9.10. The Hall–Kier alpha value is -2.02. The van der Waals surface area contributed by atoms with Gasteiger partial charge in [0.15, 0.2) is 5.82 Å². The molecule has 0 fully saturated rings. The zero-order valence-corrected chi connectivity index (χ0v) is 11.5. The second-order valence-electron chi connectivity index (χ2n) is 4.08. The molecule has 96 valence electrons. The molecule has 19 heavy (non-hydrogen) atoms. The third-order valence-corrected chi connectivity index (χ3v) is 3.48. The first-order valence-electron chi connectivity index (χ1n) is 5.52. The van der Waals surface area contributed by atoms with Crippen molar-refractivity contribution in [1.29, 1.82) is 0 Å². The molecule has 1 aromatic heterocycles. The Morgan fingerprint density at radius 2 is 2.16 bits per heavy atom. The van der Waals surface area contributed by atoms with Crippen molar-refractivity contribution in [2.45, 2.75) is 13.5 Å². The van der Waals surface area contributed by atoms with Crippen molar-refractivity contribution in [3.8, 4) is 0 Å². The molecule has 2 heterocycles. The van der Waals surface area contributed by atoms with Crippen LogP contribution in [0.1, 0.15) is 22.1 Å². The van der Waals surface area contributed by atoms with Gasteiger partial charge < -0.3 is 4.52 Å². The summed E-state index contributed by atoms with van der Waals surface area (Å²) in [5.41, 5.74) is 0.944. The number of nitrogens with zero attached hydrogens (tertiary/aromatic N) is 3. The van der Waals surface area contributed by atoms with Crippen LogP contribution in [0.2, 0.25) is 0 Å². The van der Waals surface area contributed by atoms with E-state index in [-0.39, 0.29) is 6.54 Å². The van der Waals surface area contributed by atoms with Gasteiger partial charge in [0.05, 0.1) is 17.8 Å². The highest BCUT2D eigenvalue weighted by Gasteiger charge is 2.37. The van der Waals surface area contributed by atoms with Crippen LogP contribution in [0.25, 0.3) is 0 Å². The summed E-state index contributed by atoms with van der Waals surface area (Å²) < 4.78 is 5.46. The van der Waals surface area contributed by atoms with Gasteiger partial charge in [-0.05, 0) is 28.1 Å². The van der Waals surface area contributed by atoms with Crippen molar-refractivity contribution in [2.24, 2.45) is 0 Å². The van der Waals surface area contributed by atoms with Crippen LogP contribution in [-0.2, 0) is 11.3 Å². The van der Waals surface area contributed by atoms with Crippen LogP contribution in [0.15, 0.2) is 27.2 Å². The molecule has 3 rings (SSSR count). The molecule has 0 N–H and O–H groups in total. The van der Waals surface area contributed by atoms with Crippen LogP contribution >= 0.6 is 15.9 Å². The molecule has 0 radical (unpaired) electrons. The van der Waals surface area contributed by atoms with Gasteiger partial charge >= 0.3 is 0 Å². The molecule has 0 saturated carbocycles. The normalized spacial score (nSPS) is 14.1. The molecule has 0 saturated heterocycles. The summed E-state index contributed by atoms with van der Waals surface area (Å²) in [6.45, 7) is 1.78. The van der Waals surface area contributed by atoms with Crippen LogP contribution < -0.4 is 4.90 Å². The van der Waals surface area contributed by atoms with Crippen LogP contribution in [0.3, 0.4) is 0 Å². The van der Waals surface area contributed by atoms with E-state index in [4.69, 9.17) is 4.52 Å². The highest BCUT2D eigenvalue weighted by atomic mass is 79.9. The molecule has 0 atom stereocenters. The summed E-state index contributed by atoms with van der Waals surface area (Å²) >= 11 is 3.28. The number of carbonyl (C=O) groups excluding carboxylic acids is 2. The largest absolute Gasteiger partial charge is 0.340 e. The lowest BCUT2D eigenvalue weighted by atomic mass is 10.1. The summed E-state index contributed by atoms with van der Waals surface area (Å²) in [5, 5.41) is 3.73. The van der Waals surface area contributed by atoms with Gasteiger partial charge in [-0.25, -0.2) is 0 Å². The van der Waals surface area contributed by atoms with E-state index >= 15 is 0 Å². The van der Waals surface area contributed by atoms with Crippen LogP contribution in [0, 0.1) is 6.92 Å². The molecule has 0 aliphatic carbocycles. The van der Waals surface area contributed by atoms with Crippen LogP contribution in [-0.4, -0.2) is 21.8 Å². The Bertz CT molecular complexity index is 695. The molecule has 0 bridgehead atoms. The molecule has 1 aliphatic heterocycles. The predicted octanol–water partition coefficient (Wildman–Crippen LogP) is 1.87. The second-order valence-corrected chi connectivity index (χ2v) is 4.94. The number of carbonyl (C=O) groups is 2. The number of amides is 1. The number of benzene rings is 1. The minimum Gasteiger partial charge on any atom is -0.340 e. The minimum absolute atomic E-state index is 0.116. The summed E-state index contributed by atoms with van der Waals surface area (Å²) in [7, 11) is 0. The van der Waals surface area contributed by atoms with Crippen molar-refractivity contribution in [2.75, 3.05) is 4.90 Å². The number of ketones is 1. The Balaban J connectivity index is 2.02. The van der Waals surface area contributed by atoms with Gasteiger partial charge in [0.25, 0.3) is 11.7 Å². The van der Waals surface area contributed by atoms with Gasteiger partial charge in [0.2, 0.25) is 5.89 Å². The number of aromatic nitrogens is 2. The number of anilines is 1. The van der Waals surface area contributed by atoms with Gasteiger partial charge in [0, 0.05) is 11.4 Å². The molecular weight excluding hydrogens is 314 g/mol. The maximum atomic E-state index is 12.0. The molecule has 2 aromatic rings. The third-order valence-electron chi connectivity index (χ3n) is 2.82. The monoisotopic (exact) mass is 321 g/mol. The number of fused-ring (bicyclic) bond motifs is 1. The number of rotatable bonds is 2. The fraction of sp³-hybridized carbons (Fsp3) is 0.167. The molecular formula is C12H8BrN3O3. The average Bonchev–Trinajstić information content (AvgIpc) is 2.88. The van der Waals surface area contributed by atoms with Gasteiger partial charge in [-0.2, -0.15) is 4.98 Å². The molecule has 0 spiro atoms. The first kappa shape index (κ1) is 12.0. The Kier molecular flexibility index (Phi) is 2.70. The molecule has 6 nitrogen and oxygen atoms in total. The zero-order chi connectivity index (χ0) is 13.6. The number of hydrogen-bond donors (Lipinski definition) is 0. The van der Waals surface area contributed by atoms with Crippen molar-refractivity contribution in [3.63, 3.8) is 0 Å². The quantitative estimate of drug-likeness (QED) is 0.789. The zero-order valence-electron chi connectivity index (χ0n) is 9.88. The lowest BCUT2D eigenvalue weighted by Crippen LogP contribution is -2.29. The van der Waals surface area contributed by atoms with E-state index in [9.17, 15) is 9.59 Å². The van der Waals surface area contributed by atoms with E-state index in [0.29, 0.717) is 27.4 Å². The molecule has 7 heteroatoms. The van der Waals surface area contributed by atoms with Gasteiger partial charge in [-0.3, -0.25) is 14.5 Å². The van der Waals surface area contributed by atoms with E-state index in [1.54, 1.807) is 25.1 Å². The van der Waals surface area contributed by atoms with E-state index in [0.717, 1.165) is 0 Å². The van der Waals surface area contributed by atoms with E-state index in [1.165, 1.54) is 4.90 Å². The van der Waals surface area contributed by atoms with E-state index in [2.05, 4.69) is 26.1 Å². The van der Waals surface area contributed by atoms with E-state index in [1.807, 2.05) is 0 Å². The van der Waals surface area contributed by atoms with Crippen molar-refractivity contribution in [3.05, 3.63) is 40.0 Å². The standard InChI is InChI=1S/C12H8BrN3O3/c1-6-14-9(15-19-6)5-16-8-4-2-3-7(13)10(8)11(17)12(16)18/h2-4H,5H2,1H3. The Labute approximate surface area is 116 Å². The number of aryl methyl sites for hydroxylation is 1. The number of halogens is 1. The lowest BCUT2D eigenvalue weighted by molar-refractivity contribution is -0.114. The smallest absolute Gasteiger partial charge is 0.299 e. The van der Waals surface area contributed by atoms with Gasteiger partial charge in [0.1, 0.15) is 0 Å². The maximum Gasteiger partial charge on any atom is 0.299 e. The summed E-state index contributed by atoms with van der Waals surface area (Å²) in [5.74, 6) is -0.319. The van der Waals surface area contributed by atoms with E-state index < -0.39 is 11.7 Å². The van der Waals surface area contributed by atoms with Crippen LogP contribution in [0.4, 0.5) is 5.69 Å².